The molecule has 19 heavy (non-hydrogen) atoms. The average molecular weight is 263 g/mol. The molecule has 0 bridgehead atoms. The fourth-order valence-corrected chi connectivity index (χ4v) is 2.02. The maximum atomic E-state index is 12.1. The first-order chi connectivity index (χ1) is 9.15. The van der Waals surface area contributed by atoms with Gasteiger partial charge >= 0.3 is 5.69 Å². The second kappa shape index (κ2) is 5.71. The number of aromatic nitrogens is 2. The van der Waals surface area contributed by atoms with E-state index >= 15 is 0 Å². The number of imidazole rings is 1. The molecule has 6 heteroatoms. The first-order valence-corrected chi connectivity index (χ1v) is 6.17. The summed E-state index contributed by atoms with van der Waals surface area (Å²) in [6, 6.07) is 7.35. The van der Waals surface area contributed by atoms with Crippen LogP contribution in [0.1, 0.15) is 6.42 Å². The lowest BCUT2D eigenvalue weighted by atomic mass is 10.3. The molecule has 6 nitrogen and oxygen atoms in total. The summed E-state index contributed by atoms with van der Waals surface area (Å²) in [7, 11) is 1.69. The summed E-state index contributed by atoms with van der Waals surface area (Å²) >= 11 is 0. The van der Waals surface area contributed by atoms with Crippen LogP contribution in [0.15, 0.2) is 29.1 Å². The van der Waals surface area contributed by atoms with E-state index in [9.17, 15) is 9.59 Å². The van der Waals surface area contributed by atoms with Gasteiger partial charge in [-0.3, -0.25) is 13.9 Å². The van der Waals surface area contributed by atoms with Crippen LogP contribution in [0.2, 0.25) is 0 Å². The number of aryl methyl sites for hydroxylation is 1. The monoisotopic (exact) mass is 263 g/mol. The number of benzene rings is 1. The number of aliphatic hydroxyl groups is 1. The Morgan fingerprint density at radius 1 is 1.32 bits per heavy atom. The van der Waals surface area contributed by atoms with Crippen LogP contribution < -0.4 is 11.0 Å². The molecule has 0 aliphatic heterocycles. The van der Waals surface area contributed by atoms with Crippen LogP contribution in [0, 0.1) is 0 Å². The van der Waals surface area contributed by atoms with Crippen LogP contribution in [-0.4, -0.2) is 33.3 Å². The standard InChI is InChI=1S/C13H17N3O3/c1-15-10-5-2-3-6-11(10)16(13(15)19)9-12(18)14-7-4-8-17/h2-3,5-6,17H,4,7-9H2,1H3,(H,14,18). The fourth-order valence-electron chi connectivity index (χ4n) is 2.02. The highest BCUT2D eigenvalue weighted by Crippen LogP contribution is 2.10. The molecule has 102 valence electrons. The maximum Gasteiger partial charge on any atom is 0.329 e. The number of hydrogen-bond donors (Lipinski definition) is 2. The van der Waals surface area contributed by atoms with E-state index in [1.165, 1.54) is 9.13 Å². The minimum atomic E-state index is -0.230. The van der Waals surface area contributed by atoms with Crippen molar-refractivity contribution >= 4 is 16.9 Å². The molecule has 1 aromatic heterocycles. The van der Waals surface area contributed by atoms with Crippen molar-refractivity contribution in [3.8, 4) is 0 Å². The van der Waals surface area contributed by atoms with Crippen LogP contribution in [-0.2, 0) is 18.4 Å². The Morgan fingerprint density at radius 2 is 2.00 bits per heavy atom. The van der Waals surface area contributed by atoms with Crippen LogP contribution in [0.4, 0.5) is 0 Å². The number of hydrogen-bond acceptors (Lipinski definition) is 3. The predicted octanol–water partition coefficient (Wildman–Crippen LogP) is -0.161. The van der Waals surface area contributed by atoms with Crippen molar-refractivity contribution in [3.05, 3.63) is 34.7 Å². The fraction of sp³-hybridized carbons (Fsp3) is 0.385. The largest absolute Gasteiger partial charge is 0.396 e. The molecule has 0 spiro atoms. The van der Waals surface area contributed by atoms with Crippen molar-refractivity contribution in [2.75, 3.05) is 13.2 Å². The number of nitrogens with zero attached hydrogens (tertiary/aromatic N) is 2. The highest BCUT2D eigenvalue weighted by Gasteiger charge is 2.12. The van der Waals surface area contributed by atoms with E-state index < -0.39 is 0 Å². The number of fused-ring (bicyclic) bond motifs is 1. The van der Waals surface area contributed by atoms with Gasteiger partial charge in [-0.25, -0.2) is 4.79 Å². The quantitative estimate of drug-likeness (QED) is 0.736. The van der Waals surface area contributed by atoms with Crippen LogP contribution >= 0.6 is 0 Å². The number of amides is 1. The van der Waals surface area contributed by atoms with Crippen LogP contribution in [0.25, 0.3) is 11.0 Å². The molecule has 2 rings (SSSR count). The summed E-state index contributed by atoms with van der Waals surface area (Å²) in [6.07, 6.45) is 0.510. The molecule has 0 unspecified atom stereocenters. The molecule has 0 saturated heterocycles. The van der Waals surface area contributed by atoms with Crippen LogP contribution in [0.5, 0.6) is 0 Å². The van der Waals surface area contributed by atoms with Gasteiger partial charge in [0.25, 0.3) is 0 Å². The van der Waals surface area contributed by atoms with Crippen molar-refractivity contribution in [1.82, 2.24) is 14.5 Å². The van der Waals surface area contributed by atoms with Crippen molar-refractivity contribution in [2.24, 2.45) is 7.05 Å². The van der Waals surface area contributed by atoms with E-state index in [2.05, 4.69) is 5.32 Å². The topological polar surface area (TPSA) is 76.3 Å². The van der Waals surface area contributed by atoms with E-state index in [-0.39, 0.29) is 24.7 Å². The Bertz CT molecular complexity index is 642. The molecular formula is C13H17N3O3. The summed E-state index contributed by atoms with van der Waals surface area (Å²) in [5, 5.41) is 11.3. The molecule has 1 aromatic carbocycles. The maximum absolute atomic E-state index is 12.1. The van der Waals surface area contributed by atoms with Gasteiger partial charge in [-0.1, -0.05) is 12.1 Å². The van der Waals surface area contributed by atoms with E-state index in [4.69, 9.17) is 5.11 Å². The minimum absolute atomic E-state index is 0.00832. The van der Waals surface area contributed by atoms with Gasteiger partial charge in [0.15, 0.2) is 0 Å². The molecular weight excluding hydrogens is 246 g/mol. The molecule has 0 radical (unpaired) electrons. The predicted molar refractivity (Wildman–Crippen MR) is 71.9 cm³/mol. The third-order valence-electron chi connectivity index (χ3n) is 3.01. The second-order valence-corrected chi connectivity index (χ2v) is 4.34. The summed E-state index contributed by atoms with van der Waals surface area (Å²) in [4.78, 5) is 23.8. The van der Waals surface area contributed by atoms with E-state index in [0.29, 0.717) is 13.0 Å². The molecule has 1 amide bonds. The highest BCUT2D eigenvalue weighted by molar-refractivity contribution is 5.80. The highest BCUT2D eigenvalue weighted by atomic mass is 16.3. The Kier molecular flexibility index (Phi) is 4.01. The smallest absolute Gasteiger partial charge is 0.329 e. The third-order valence-corrected chi connectivity index (χ3v) is 3.01. The van der Waals surface area contributed by atoms with Crippen molar-refractivity contribution in [2.45, 2.75) is 13.0 Å². The third kappa shape index (κ3) is 2.68. The number of para-hydroxylation sites is 2. The summed E-state index contributed by atoms with van der Waals surface area (Å²) in [5.74, 6) is -0.230. The first-order valence-electron chi connectivity index (χ1n) is 6.17. The van der Waals surface area contributed by atoms with E-state index in [1.54, 1.807) is 7.05 Å². The molecule has 0 aliphatic rings. The number of nitrogens with one attached hydrogen (secondary N) is 1. The average Bonchev–Trinajstić information content (AvgIpc) is 2.65. The zero-order chi connectivity index (χ0) is 13.8. The normalized spacial score (nSPS) is 10.8. The summed E-state index contributed by atoms with van der Waals surface area (Å²) < 4.78 is 2.97. The Hall–Kier alpha value is -2.08. The Morgan fingerprint density at radius 3 is 2.68 bits per heavy atom. The van der Waals surface area contributed by atoms with Crippen LogP contribution in [0.3, 0.4) is 0 Å². The summed E-state index contributed by atoms with van der Waals surface area (Å²) in [6.45, 7) is 0.439. The lowest BCUT2D eigenvalue weighted by Gasteiger charge is -2.05. The number of rotatable bonds is 5. The zero-order valence-corrected chi connectivity index (χ0v) is 10.8. The molecule has 0 aliphatic carbocycles. The molecule has 1 heterocycles. The minimum Gasteiger partial charge on any atom is -0.396 e. The van der Waals surface area contributed by atoms with Gasteiger partial charge in [0.1, 0.15) is 6.54 Å². The Labute approximate surface area is 110 Å². The lowest BCUT2D eigenvalue weighted by Crippen LogP contribution is -2.33. The first kappa shape index (κ1) is 13.4. The second-order valence-electron chi connectivity index (χ2n) is 4.34. The molecule has 0 atom stereocenters. The van der Waals surface area contributed by atoms with Gasteiger partial charge in [-0.15, -0.1) is 0 Å². The zero-order valence-electron chi connectivity index (χ0n) is 10.8. The van der Waals surface area contributed by atoms with Gasteiger partial charge in [0.05, 0.1) is 11.0 Å². The molecule has 2 N–H and O–H groups in total. The lowest BCUT2D eigenvalue weighted by molar-refractivity contribution is -0.121. The molecule has 2 aromatic rings. The molecule has 0 saturated carbocycles. The van der Waals surface area contributed by atoms with Gasteiger partial charge in [-0.05, 0) is 18.6 Å². The number of carbonyl (C=O) groups is 1. The Balaban J connectivity index is 2.23. The van der Waals surface area contributed by atoms with Crippen molar-refractivity contribution in [3.63, 3.8) is 0 Å². The summed E-state index contributed by atoms with van der Waals surface area (Å²) in [5.41, 5.74) is 1.33. The molecule has 0 fully saturated rings. The van der Waals surface area contributed by atoms with Gasteiger partial charge in [-0.2, -0.15) is 0 Å². The van der Waals surface area contributed by atoms with E-state index in [1.807, 2.05) is 24.3 Å². The SMILES string of the molecule is Cn1c(=O)n(CC(=O)NCCCO)c2ccccc21. The van der Waals surface area contributed by atoms with Crippen molar-refractivity contribution in [1.29, 1.82) is 0 Å². The van der Waals surface area contributed by atoms with Gasteiger partial charge < -0.3 is 10.4 Å². The van der Waals surface area contributed by atoms with E-state index in [0.717, 1.165) is 11.0 Å². The van der Waals surface area contributed by atoms with Crippen molar-refractivity contribution < 1.29 is 9.90 Å². The van der Waals surface area contributed by atoms with Gasteiger partial charge in [0.2, 0.25) is 5.91 Å². The number of carbonyl (C=O) groups excluding carboxylic acids is 1. The van der Waals surface area contributed by atoms with Gasteiger partial charge in [0, 0.05) is 20.2 Å². The number of aliphatic hydroxyl groups excluding tert-OH is 1.